The second kappa shape index (κ2) is 9.75. The number of hydrazine groups is 2. The fourth-order valence-electron chi connectivity index (χ4n) is 4.17. The third kappa shape index (κ3) is 5.34. The maximum absolute atomic E-state index is 13.7. The van der Waals surface area contributed by atoms with Gasteiger partial charge in [0, 0.05) is 39.6 Å². The first kappa shape index (κ1) is 24.6. The molecule has 5 rings (SSSR count). The maximum Gasteiger partial charge on any atom is 0.123 e. The van der Waals surface area contributed by atoms with Crippen LogP contribution in [0, 0.1) is 26.1 Å². The maximum atomic E-state index is 13.7. The number of hydrogen-bond donors (Lipinski definition) is 4. The summed E-state index contributed by atoms with van der Waals surface area (Å²) in [7, 11) is 0. The van der Waals surface area contributed by atoms with E-state index in [2.05, 4.69) is 87.2 Å². The van der Waals surface area contributed by atoms with Gasteiger partial charge >= 0.3 is 0 Å². The first-order chi connectivity index (χ1) is 17.2. The Labute approximate surface area is 224 Å². The summed E-state index contributed by atoms with van der Waals surface area (Å²) >= 11 is 2.29. The van der Waals surface area contributed by atoms with Crippen molar-refractivity contribution in [3.8, 4) is 6.07 Å². The van der Waals surface area contributed by atoms with Crippen LogP contribution in [0.4, 0.5) is 15.8 Å². The van der Waals surface area contributed by atoms with Gasteiger partial charge in [0.25, 0.3) is 0 Å². The molecule has 1 unspecified atom stereocenters. The molecule has 7 nitrogen and oxygen atoms in total. The second-order valence-electron chi connectivity index (χ2n) is 10.5. The van der Waals surface area contributed by atoms with Gasteiger partial charge in [0.15, 0.2) is 0 Å². The monoisotopic (exact) mass is 597 g/mol. The van der Waals surface area contributed by atoms with Gasteiger partial charge in [0.05, 0.1) is 28.5 Å². The highest BCUT2D eigenvalue weighted by Gasteiger charge is 2.32. The number of halogens is 2. The zero-order chi connectivity index (χ0) is 25.4. The minimum Gasteiger partial charge on any atom is -0.383 e. The lowest BCUT2D eigenvalue weighted by molar-refractivity contribution is 0.260. The van der Waals surface area contributed by atoms with Crippen LogP contribution in [-0.4, -0.2) is 22.6 Å². The summed E-state index contributed by atoms with van der Waals surface area (Å²) in [5, 5.41) is 19.9. The number of benzene rings is 2. The predicted octanol–water partition coefficient (Wildman–Crippen LogP) is 5.79. The molecule has 1 saturated carbocycles. The molecule has 0 radical (unpaired) electrons. The van der Waals surface area contributed by atoms with Crippen molar-refractivity contribution in [2.75, 3.05) is 17.2 Å². The van der Waals surface area contributed by atoms with Crippen LogP contribution in [0.25, 0.3) is 10.9 Å². The number of aromatic nitrogens is 1. The van der Waals surface area contributed by atoms with Crippen LogP contribution < -0.4 is 21.6 Å². The lowest BCUT2D eigenvalue weighted by Gasteiger charge is -2.23. The van der Waals surface area contributed by atoms with Crippen molar-refractivity contribution in [1.29, 1.82) is 5.26 Å². The van der Waals surface area contributed by atoms with Gasteiger partial charge in [0.1, 0.15) is 11.9 Å². The Morgan fingerprint density at radius 1 is 1.25 bits per heavy atom. The molecular weight excluding hydrogens is 568 g/mol. The fraction of sp³-hybridized carbons (Fsp3) is 0.333. The number of nitrogens with zero attached hydrogens (tertiary/aromatic N) is 3. The van der Waals surface area contributed by atoms with Crippen LogP contribution in [-0.2, 0) is 0 Å². The number of hydrogen-bond acceptors (Lipinski definition) is 7. The lowest BCUT2D eigenvalue weighted by Crippen LogP contribution is -2.38. The molecule has 1 fully saturated rings. The van der Waals surface area contributed by atoms with Crippen molar-refractivity contribution >= 4 is 44.9 Å². The largest absolute Gasteiger partial charge is 0.383 e. The minimum absolute atomic E-state index is 0.0417. The van der Waals surface area contributed by atoms with Gasteiger partial charge in [-0.3, -0.25) is 9.99 Å². The summed E-state index contributed by atoms with van der Waals surface area (Å²) in [5.74, 6) is -0.270. The van der Waals surface area contributed by atoms with E-state index in [9.17, 15) is 9.65 Å². The van der Waals surface area contributed by atoms with Gasteiger partial charge in [-0.1, -0.05) is 32.9 Å². The van der Waals surface area contributed by atoms with Crippen LogP contribution in [0.5, 0.6) is 0 Å². The Bertz CT molecular complexity index is 1350. The Morgan fingerprint density at radius 2 is 2.00 bits per heavy atom. The van der Waals surface area contributed by atoms with Crippen LogP contribution >= 0.6 is 22.6 Å². The molecule has 1 atom stereocenters. The zero-order valence-electron chi connectivity index (χ0n) is 20.5. The highest BCUT2D eigenvalue weighted by molar-refractivity contribution is 14.1. The van der Waals surface area contributed by atoms with E-state index in [0.717, 1.165) is 50.0 Å². The molecule has 1 aliphatic carbocycles. The summed E-state index contributed by atoms with van der Waals surface area (Å²) in [6.07, 6.45) is 6.04. The van der Waals surface area contributed by atoms with E-state index in [0.29, 0.717) is 18.2 Å². The lowest BCUT2D eigenvalue weighted by atomic mass is 9.96. The normalized spacial score (nSPS) is 16.3. The smallest absolute Gasteiger partial charge is 0.123 e. The summed E-state index contributed by atoms with van der Waals surface area (Å²) in [5.41, 5.74) is 11.5. The molecule has 4 N–H and O–H groups in total. The molecule has 186 valence electrons. The number of pyridine rings is 1. The second-order valence-corrected chi connectivity index (χ2v) is 11.7. The van der Waals surface area contributed by atoms with Crippen LogP contribution in [0.15, 0.2) is 54.5 Å². The fourth-order valence-corrected chi connectivity index (χ4v) is 4.94. The van der Waals surface area contributed by atoms with Crippen LogP contribution in [0.2, 0.25) is 0 Å². The molecule has 2 aromatic carbocycles. The molecule has 36 heavy (non-hydrogen) atoms. The molecule has 1 aliphatic heterocycles. The average Bonchev–Trinajstić information content (AvgIpc) is 3.58. The summed E-state index contributed by atoms with van der Waals surface area (Å²) in [6, 6.07) is 13.2. The Hall–Kier alpha value is -3.10. The molecule has 0 saturated heterocycles. The van der Waals surface area contributed by atoms with Crippen molar-refractivity contribution in [2.24, 2.45) is 5.41 Å². The van der Waals surface area contributed by atoms with Crippen molar-refractivity contribution in [2.45, 2.75) is 45.7 Å². The SMILES string of the molecule is CC(C)(C)CNc1c(C#N)cnc2c(I)cc(NC(C3=CN(C4CC4)NN3)c3ccc(F)cc3)cc12. The molecule has 9 heteroatoms. The van der Waals surface area contributed by atoms with Crippen molar-refractivity contribution < 1.29 is 4.39 Å². The van der Waals surface area contributed by atoms with Gasteiger partial charge in [-0.25, -0.2) is 4.39 Å². The third-order valence-corrected chi connectivity index (χ3v) is 7.04. The third-order valence-electron chi connectivity index (χ3n) is 6.21. The topological polar surface area (TPSA) is 88.0 Å². The zero-order valence-corrected chi connectivity index (χ0v) is 22.6. The summed E-state index contributed by atoms with van der Waals surface area (Å²) in [4.78, 5) is 4.58. The van der Waals surface area contributed by atoms with Crippen molar-refractivity contribution in [1.82, 2.24) is 21.0 Å². The van der Waals surface area contributed by atoms with Crippen LogP contribution in [0.1, 0.15) is 50.8 Å². The Kier molecular flexibility index (Phi) is 6.66. The van der Waals surface area contributed by atoms with Crippen LogP contribution in [0.3, 0.4) is 0 Å². The van der Waals surface area contributed by atoms with Crippen molar-refractivity contribution in [3.05, 3.63) is 75.0 Å². The molecule has 3 aromatic rings. The molecule has 0 spiro atoms. The number of rotatable bonds is 7. The van der Waals surface area contributed by atoms with E-state index in [4.69, 9.17) is 0 Å². The molecule has 2 heterocycles. The quantitative estimate of drug-likeness (QED) is 0.257. The predicted molar refractivity (Wildman–Crippen MR) is 149 cm³/mol. The summed E-state index contributed by atoms with van der Waals surface area (Å²) < 4.78 is 14.7. The standard InChI is InChI=1S/C27H29FIN7/c1-27(2,3)15-32-24-17(12-30)13-31-26-21(24)10-19(11-22(26)29)33-25(16-4-6-18(28)7-5-16)23-14-36(35-34-23)20-8-9-20/h4-7,10-11,13-14,20,25,33-35H,8-9,15H2,1-3H3,(H,31,32). The van der Waals surface area contributed by atoms with Gasteiger partial charge in [-0.15, -0.1) is 5.53 Å². The Morgan fingerprint density at radius 3 is 2.67 bits per heavy atom. The van der Waals surface area contributed by atoms with Gasteiger partial charge in [-0.2, -0.15) is 5.26 Å². The highest BCUT2D eigenvalue weighted by Crippen LogP contribution is 2.36. The summed E-state index contributed by atoms with van der Waals surface area (Å²) in [6.45, 7) is 7.18. The first-order valence-corrected chi connectivity index (χ1v) is 13.1. The van der Waals surface area contributed by atoms with E-state index in [1.165, 1.54) is 12.1 Å². The molecule has 0 amide bonds. The van der Waals surface area contributed by atoms with Gasteiger partial charge in [-0.05, 0) is 70.7 Å². The van der Waals surface area contributed by atoms with Gasteiger partial charge < -0.3 is 16.1 Å². The van der Waals surface area contributed by atoms with E-state index >= 15 is 0 Å². The molecule has 2 aliphatic rings. The van der Waals surface area contributed by atoms with E-state index < -0.39 is 0 Å². The van der Waals surface area contributed by atoms with Gasteiger partial charge in [0.2, 0.25) is 0 Å². The van der Waals surface area contributed by atoms with E-state index in [1.54, 1.807) is 18.3 Å². The number of nitrogens with one attached hydrogen (secondary N) is 4. The average molecular weight is 597 g/mol. The van der Waals surface area contributed by atoms with E-state index in [1.807, 2.05) is 12.1 Å². The number of anilines is 2. The first-order valence-electron chi connectivity index (χ1n) is 12.0. The minimum atomic E-state index is -0.270. The number of fused-ring (bicyclic) bond motifs is 1. The molecule has 1 aromatic heterocycles. The number of nitriles is 1. The van der Waals surface area contributed by atoms with Crippen molar-refractivity contribution in [3.63, 3.8) is 0 Å². The molecule has 0 bridgehead atoms. The highest BCUT2D eigenvalue weighted by atomic mass is 127. The molecular formula is C27H29FIN7. The Balaban J connectivity index is 1.55. The van der Waals surface area contributed by atoms with E-state index in [-0.39, 0.29) is 17.3 Å².